The highest BCUT2D eigenvalue weighted by molar-refractivity contribution is 5.75. The van der Waals surface area contributed by atoms with E-state index in [1.165, 1.54) is 4.57 Å². The number of hydrogen-bond acceptors (Lipinski definition) is 5. The van der Waals surface area contributed by atoms with Crippen LogP contribution in [-0.4, -0.2) is 26.0 Å². The molecule has 0 saturated carbocycles. The molecule has 0 aliphatic carbocycles. The molecule has 0 fully saturated rings. The average molecular weight is 344 g/mol. The number of alkyl carbamates (subject to hydrolysis) is 1. The lowest BCUT2D eigenvalue weighted by atomic mass is 10.2. The quantitative estimate of drug-likeness (QED) is 0.787. The SMILES string of the molecule is Cn1c(=O)oc2ccc(-n3cc(CNC(=O)OC(C)(C)C)cn3)cc21. The number of oxazole rings is 1. The first kappa shape index (κ1) is 16.8. The third-order valence-electron chi connectivity index (χ3n) is 3.51. The summed E-state index contributed by atoms with van der Waals surface area (Å²) in [6.45, 7) is 5.74. The molecule has 2 aromatic heterocycles. The van der Waals surface area contributed by atoms with Crippen LogP contribution in [-0.2, 0) is 18.3 Å². The van der Waals surface area contributed by atoms with E-state index in [1.807, 2.05) is 32.9 Å². The number of ether oxygens (including phenoxy) is 1. The highest BCUT2D eigenvalue weighted by Crippen LogP contribution is 2.17. The zero-order valence-electron chi connectivity index (χ0n) is 14.6. The van der Waals surface area contributed by atoms with Gasteiger partial charge < -0.3 is 14.5 Å². The monoisotopic (exact) mass is 344 g/mol. The summed E-state index contributed by atoms with van der Waals surface area (Å²) < 4.78 is 13.4. The number of carbonyl (C=O) groups is 1. The van der Waals surface area contributed by atoms with Gasteiger partial charge in [0.2, 0.25) is 0 Å². The molecular formula is C17H20N4O4. The number of fused-ring (bicyclic) bond motifs is 1. The van der Waals surface area contributed by atoms with Gasteiger partial charge in [-0.05, 0) is 39.0 Å². The van der Waals surface area contributed by atoms with Crippen molar-refractivity contribution in [1.29, 1.82) is 0 Å². The fraction of sp³-hybridized carbons (Fsp3) is 0.353. The topological polar surface area (TPSA) is 91.3 Å². The molecule has 0 spiro atoms. The molecule has 1 amide bonds. The summed E-state index contributed by atoms with van der Waals surface area (Å²) in [7, 11) is 1.65. The zero-order valence-corrected chi connectivity index (χ0v) is 14.6. The van der Waals surface area contributed by atoms with Gasteiger partial charge in [0.1, 0.15) is 5.60 Å². The van der Waals surface area contributed by atoms with Crippen molar-refractivity contribution in [2.45, 2.75) is 32.9 Å². The molecule has 0 radical (unpaired) electrons. The smallest absolute Gasteiger partial charge is 0.419 e. The first-order valence-electron chi connectivity index (χ1n) is 7.83. The van der Waals surface area contributed by atoms with Crippen LogP contribution < -0.4 is 11.1 Å². The van der Waals surface area contributed by atoms with Crippen LogP contribution in [0.1, 0.15) is 26.3 Å². The van der Waals surface area contributed by atoms with Gasteiger partial charge in [0.25, 0.3) is 0 Å². The summed E-state index contributed by atoms with van der Waals surface area (Å²) in [5.41, 5.74) is 2.28. The van der Waals surface area contributed by atoms with Crippen molar-refractivity contribution < 1.29 is 13.9 Å². The number of aromatic nitrogens is 3. The van der Waals surface area contributed by atoms with Gasteiger partial charge >= 0.3 is 11.8 Å². The van der Waals surface area contributed by atoms with Gasteiger partial charge in [-0.25, -0.2) is 14.3 Å². The van der Waals surface area contributed by atoms with E-state index in [0.29, 0.717) is 17.6 Å². The minimum absolute atomic E-state index is 0.307. The standard InChI is InChI=1S/C17H20N4O4/c1-17(2,3)25-15(22)18-8-11-9-19-21(10-11)12-5-6-14-13(7-12)20(4)16(23)24-14/h5-7,9-10H,8H2,1-4H3,(H,18,22). The minimum atomic E-state index is -0.537. The van der Waals surface area contributed by atoms with E-state index in [2.05, 4.69) is 10.4 Å². The molecular weight excluding hydrogens is 324 g/mol. The van der Waals surface area contributed by atoms with Crippen molar-refractivity contribution in [1.82, 2.24) is 19.7 Å². The van der Waals surface area contributed by atoms with E-state index in [1.54, 1.807) is 30.2 Å². The molecule has 1 aromatic carbocycles. The highest BCUT2D eigenvalue weighted by Gasteiger charge is 2.16. The van der Waals surface area contributed by atoms with Crippen LogP contribution in [0.5, 0.6) is 0 Å². The van der Waals surface area contributed by atoms with Gasteiger partial charge in [-0.15, -0.1) is 0 Å². The van der Waals surface area contributed by atoms with Crippen molar-refractivity contribution in [2.75, 3.05) is 0 Å². The molecule has 0 bridgehead atoms. The summed E-state index contributed by atoms with van der Waals surface area (Å²) in [5.74, 6) is -0.408. The van der Waals surface area contributed by atoms with Crippen molar-refractivity contribution in [3.05, 3.63) is 46.7 Å². The second kappa shape index (κ2) is 6.12. The van der Waals surface area contributed by atoms with Crippen molar-refractivity contribution >= 4 is 17.2 Å². The van der Waals surface area contributed by atoms with Crippen molar-refractivity contribution in [3.63, 3.8) is 0 Å². The van der Waals surface area contributed by atoms with Crippen LogP contribution in [0.15, 0.2) is 39.8 Å². The maximum atomic E-state index is 11.7. The number of carbonyl (C=O) groups excluding carboxylic acids is 1. The molecule has 132 valence electrons. The molecule has 8 heteroatoms. The Balaban J connectivity index is 1.74. The van der Waals surface area contributed by atoms with Crippen LogP contribution in [0.4, 0.5) is 4.79 Å². The van der Waals surface area contributed by atoms with Gasteiger partial charge in [-0.1, -0.05) is 0 Å². The minimum Gasteiger partial charge on any atom is -0.444 e. The Labute approximate surface area is 144 Å². The van der Waals surface area contributed by atoms with E-state index in [0.717, 1.165) is 11.3 Å². The zero-order chi connectivity index (χ0) is 18.2. The number of aryl methyl sites for hydroxylation is 1. The average Bonchev–Trinajstić information content (AvgIpc) is 3.09. The number of benzene rings is 1. The van der Waals surface area contributed by atoms with E-state index < -0.39 is 17.5 Å². The Morgan fingerprint density at radius 1 is 1.36 bits per heavy atom. The second-order valence-corrected chi connectivity index (χ2v) is 6.73. The molecule has 25 heavy (non-hydrogen) atoms. The Hall–Kier alpha value is -3.03. The van der Waals surface area contributed by atoms with Gasteiger partial charge in [-0.2, -0.15) is 5.10 Å². The first-order chi connectivity index (χ1) is 11.7. The van der Waals surface area contributed by atoms with Crippen LogP contribution >= 0.6 is 0 Å². The van der Waals surface area contributed by atoms with Gasteiger partial charge in [0.05, 0.1) is 17.4 Å². The lowest BCUT2D eigenvalue weighted by molar-refractivity contribution is 0.0523. The molecule has 0 aliphatic heterocycles. The normalized spacial score (nSPS) is 11.7. The fourth-order valence-corrected chi connectivity index (χ4v) is 2.34. The van der Waals surface area contributed by atoms with Gasteiger partial charge in [0.15, 0.2) is 5.58 Å². The van der Waals surface area contributed by atoms with Crippen LogP contribution in [0.25, 0.3) is 16.8 Å². The molecule has 0 atom stereocenters. The third kappa shape index (κ3) is 3.73. The molecule has 0 unspecified atom stereocenters. The van der Waals surface area contributed by atoms with E-state index >= 15 is 0 Å². The van der Waals surface area contributed by atoms with Crippen molar-refractivity contribution in [2.24, 2.45) is 7.05 Å². The predicted octanol–water partition coefficient (Wildman–Crippen LogP) is 2.34. The van der Waals surface area contributed by atoms with Gasteiger partial charge in [0, 0.05) is 25.4 Å². The Morgan fingerprint density at radius 3 is 2.84 bits per heavy atom. The molecule has 0 aliphatic rings. The van der Waals surface area contributed by atoms with Crippen LogP contribution in [0.3, 0.4) is 0 Å². The summed E-state index contributed by atoms with van der Waals surface area (Å²) in [6, 6.07) is 5.36. The van der Waals surface area contributed by atoms with E-state index in [9.17, 15) is 9.59 Å². The number of nitrogens with zero attached hydrogens (tertiary/aromatic N) is 3. The Morgan fingerprint density at radius 2 is 2.12 bits per heavy atom. The maximum Gasteiger partial charge on any atom is 0.419 e. The predicted molar refractivity (Wildman–Crippen MR) is 91.7 cm³/mol. The molecule has 8 nitrogen and oxygen atoms in total. The summed E-state index contributed by atoms with van der Waals surface area (Å²) in [5, 5.41) is 6.98. The number of hydrogen-bond donors (Lipinski definition) is 1. The number of rotatable bonds is 3. The summed E-state index contributed by atoms with van der Waals surface area (Å²) >= 11 is 0. The summed E-state index contributed by atoms with van der Waals surface area (Å²) in [6.07, 6.45) is 2.99. The van der Waals surface area contributed by atoms with Crippen LogP contribution in [0.2, 0.25) is 0 Å². The molecule has 3 aromatic rings. The first-order valence-corrected chi connectivity index (χ1v) is 7.83. The molecule has 3 rings (SSSR count). The van der Waals surface area contributed by atoms with Crippen molar-refractivity contribution in [3.8, 4) is 5.69 Å². The summed E-state index contributed by atoms with van der Waals surface area (Å²) in [4.78, 5) is 23.3. The molecule has 0 saturated heterocycles. The number of nitrogens with one attached hydrogen (secondary N) is 1. The second-order valence-electron chi connectivity index (χ2n) is 6.73. The lowest BCUT2D eigenvalue weighted by Gasteiger charge is -2.19. The lowest BCUT2D eigenvalue weighted by Crippen LogP contribution is -2.32. The Kier molecular flexibility index (Phi) is 4.12. The van der Waals surface area contributed by atoms with Crippen LogP contribution in [0, 0.1) is 0 Å². The molecule has 1 N–H and O–H groups in total. The Bertz CT molecular complexity index is 975. The molecule has 2 heterocycles. The number of amides is 1. The van der Waals surface area contributed by atoms with E-state index in [4.69, 9.17) is 9.15 Å². The van der Waals surface area contributed by atoms with Gasteiger partial charge in [-0.3, -0.25) is 4.57 Å². The maximum absolute atomic E-state index is 11.7. The van der Waals surface area contributed by atoms with E-state index in [-0.39, 0.29) is 0 Å². The highest BCUT2D eigenvalue weighted by atomic mass is 16.6. The fourth-order valence-electron chi connectivity index (χ4n) is 2.34. The largest absolute Gasteiger partial charge is 0.444 e. The third-order valence-corrected chi connectivity index (χ3v) is 3.51.